The monoisotopic (exact) mass is 287 g/mol. The fourth-order valence-corrected chi connectivity index (χ4v) is 2.20. The first kappa shape index (κ1) is 13.3. The molecule has 0 fully saturated rings. The summed E-state index contributed by atoms with van der Waals surface area (Å²) in [6.45, 7) is 0. The van der Waals surface area contributed by atoms with Gasteiger partial charge in [-0.2, -0.15) is 0 Å². The van der Waals surface area contributed by atoms with E-state index in [1.165, 1.54) is 6.07 Å². The molecule has 0 radical (unpaired) electrons. The van der Waals surface area contributed by atoms with Crippen LogP contribution in [-0.2, 0) is 0 Å². The Bertz CT molecular complexity index is 833. The Hall–Kier alpha value is -2.69. The third kappa shape index (κ3) is 2.27. The van der Waals surface area contributed by atoms with Crippen LogP contribution in [-0.4, -0.2) is 10.8 Å². The van der Waals surface area contributed by atoms with Crippen LogP contribution < -0.4 is 0 Å². The molecule has 0 saturated carbocycles. The van der Waals surface area contributed by atoms with E-state index in [4.69, 9.17) is 0 Å². The van der Waals surface area contributed by atoms with Gasteiger partial charge in [-0.25, -0.2) is 13.2 Å². The highest BCUT2D eigenvalue weighted by atomic mass is 19.1. The van der Waals surface area contributed by atoms with Gasteiger partial charge in [-0.1, -0.05) is 18.2 Å². The summed E-state index contributed by atoms with van der Waals surface area (Å²) in [6.07, 6.45) is 1.55. The van der Waals surface area contributed by atoms with Crippen LogP contribution in [0.25, 0.3) is 10.9 Å². The number of ketones is 1. The number of rotatable bonds is 2. The van der Waals surface area contributed by atoms with Crippen LogP contribution in [0, 0.1) is 17.5 Å². The first-order chi connectivity index (χ1) is 10.1. The average Bonchev–Trinajstić information content (AvgIpc) is 2.45. The van der Waals surface area contributed by atoms with Crippen molar-refractivity contribution in [2.75, 3.05) is 0 Å². The maximum atomic E-state index is 13.7. The van der Waals surface area contributed by atoms with Crippen LogP contribution in [0.2, 0.25) is 0 Å². The van der Waals surface area contributed by atoms with Crippen LogP contribution in [0.4, 0.5) is 13.2 Å². The van der Waals surface area contributed by atoms with Crippen molar-refractivity contribution in [2.45, 2.75) is 0 Å². The lowest BCUT2D eigenvalue weighted by molar-refractivity contribution is 0.103. The minimum Gasteiger partial charge on any atom is -0.288 e. The molecule has 3 rings (SSSR count). The lowest BCUT2D eigenvalue weighted by Gasteiger charge is -2.07. The van der Waals surface area contributed by atoms with Crippen molar-refractivity contribution in [1.82, 2.24) is 4.98 Å². The van der Waals surface area contributed by atoms with Crippen molar-refractivity contribution in [1.29, 1.82) is 0 Å². The Kier molecular flexibility index (Phi) is 3.17. The van der Waals surface area contributed by atoms with Gasteiger partial charge in [0, 0.05) is 29.3 Å². The molecule has 3 aromatic rings. The number of hydrogen-bond acceptors (Lipinski definition) is 2. The summed E-state index contributed by atoms with van der Waals surface area (Å²) in [7, 11) is 0. The number of halogens is 3. The molecular formula is C16H8F3NO. The fourth-order valence-electron chi connectivity index (χ4n) is 2.20. The maximum absolute atomic E-state index is 13.7. The third-order valence-corrected chi connectivity index (χ3v) is 3.12. The third-order valence-electron chi connectivity index (χ3n) is 3.12. The van der Waals surface area contributed by atoms with Crippen LogP contribution in [0.1, 0.15) is 15.9 Å². The molecule has 0 bridgehead atoms. The standard InChI is InChI=1S/C16H8F3NO/c17-9-7-12(18)15(13(19)8-9)16(21)11-3-1-5-14-10(11)4-2-6-20-14/h1-8H. The molecule has 104 valence electrons. The zero-order valence-corrected chi connectivity index (χ0v) is 10.6. The van der Waals surface area contributed by atoms with Crippen molar-refractivity contribution in [3.05, 3.63) is 77.2 Å². The van der Waals surface area contributed by atoms with E-state index in [0.717, 1.165) is 0 Å². The summed E-state index contributed by atoms with van der Waals surface area (Å²) in [6, 6.07) is 8.94. The van der Waals surface area contributed by atoms with Gasteiger partial charge in [0.15, 0.2) is 5.78 Å². The van der Waals surface area contributed by atoms with E-state index in [0.29, 0.717) is 23.0 Å². The van der Waals surface area contributed by atoms with Crippen LogP contribution in [0.5, 0.6) is 0 Å². The Morgan fingerprint density at radius 2 is 1.67 bits per heavy atom. The zero-order valence-electron chi connectivity index (χ0n) is 10.6. The molecule has 2 nitrogen and oxygen atoms in total. The minimum absolute atomic E-state index is 0.116. The number of benzene rings is 2. The second-order valence-electron chi connectivity index (χ2n) is 4.45. The van der Waals surface area contributed by atoms with Gasteiger partial charge in [-0.15, -0.1) is 0 Å². The van der Waals surface area contributed by atoms with Crippen molar-refractivity contribution >= 4 is 16.7 Å². The minimum atomic E-state index is -1.22. The normalized spacial score (nSPS) is 10.8. The van der Waals surface area contributed by atoms with E-state index in [1.54, 1.807) is 30.5 Å². The Balaban J connectivity index is 2.22. The molecule has 0 unspecified atom stereocenters. The molecule has 0 aliphatic heterocycles. The van der Waals surface area contributed by atoms with Crippen LogP contribution >= 0.6 is 0 Å². The van der Waals surface area contributed by atoms with Crippen molar-refractivity contribution < 1.29 is 18.0 Å². The van der Waals surface area contributed by atoms with E-state index in [-0.39, 0.29) is 5.56 Å². The smallest absolute Gasteiger partial charge is 0.199 e. The van der Waals surface area contributed by atoms with Crippen molar-refractivity contribution in [3.8, 4) is 0 Å². The first-order valence-electron chi connectivity index (χ1n) is 6.11. The summed E-state index contributed by atoms with van der Waals surface area (Å²) < 4.78 is 40.4. The molecule has 0 atom stereocenters. The van der Waals surface area contributed by atoms with Crippen molar-refractivity contribution in [3.63, 3.8) is 0 Å². The maximum Gasteiger partial charge on any atom is 0.199 e. The van der Waals surface area contributed by atoms with Gasteiger partial charge in [0.25, 0.3) is 0 Å². The molecule has 2 aromatic carbocycles. The second-order valence-corrected chi connectivity index (χ2v) is 4.45. The van der Waals surface area contributed by atoms with Gasteiger partial charge >= 0.3 is 0 Å². The fraction of sp³-hybridized carbons (Fsp3) is 0. The quantitative estimate of drug-likeness (QED) is 0.669. The summed E-state index contributed by atoms with van der Waals surface area (Å²) in [5.41, 5.74) is -0.121. The summed E-state index contributed by atoms with van der Waals surface area (Å²) in [5.74, 6) is -4.36. The van der Waals surface area contributed by atoms with Gasteiger partial charge in [0.1, 0.15) is 17.5 Å². The molecule has 0 spiro atoms. The number of carbonyl (C=O) groups is 1. The molecule has 1 aromatic heterocycles. The van der Waals surface area contributed by atoms with E-state index >= 15 is 0 Å². The number of hydrogen-bond donors (Lipinski definition) is 0. The van der Waals surface area contributed by atoms with Gasteiger partial charge in [-0.3, -0.25) is 9.78 Å². The van der Waals surface area contributed by atoms with Gasteiger partial charge in [-0.05, 0) is 12.1 Å². The molecule has 21 heavy (non-hydrogen) atoms. The number of nitrogens with zero attached hydrogens (tertiary/aromatic N) is 1. The number of fused-ring (bicyclic) bond motifs is 1. The van der Waals surface area contributed by atoms with Crippen molar-refractivity contribution in [2.24, 2.45) is 0 Å². The summed E-state index contributed by atoms with van der Waals surface area (Å²) in [4.78, 5) is 16.5. The Morgan fingerprint density at radius 3 is 2.38 bits per heavy atom. The molecule has 0 aliphatic carbocycles. The Labute approximate surface area is 117 Å². The average molecular weight is 287 g/mol. The van der Waals surface area contributed by atoms with Gasteiger partial charge < -0.3 is 0 Å². The SMILES string of the molecule is O=C(c1c(F)cc(F)cc1F)c1cccc2ncccc12. The highest BCUT2D eigenvalue weighted by Crippen LogP contribution is 2.23. The molecular weight excluding hydrogens is 279 g/mol. The predicted octanol–water partition coefficient (Wildman–Crippen LogP) is 3.88. The summed E-state index contributed by atoms with van der Waals surface area (Å²) >= 11 is 0. The summed E-state index contributed by atoms with van der Waals surface area (Å²) in [5, 5.41) is 0.480. The van der Waals surface area contributed by atoms with E-state index in [2.05, 4.69) is 4.98 Å². The number of carbonyl (C=O) groups excluding carboxylic acids is 1. The lowest BCUT2D eigenvalue weighted by atomic mass is 9.98. The molecule has 0 amide bonds. The Morgan fingerprint density at radius 1 is 0.952 bits per heavy atom. The molecule has 0 saturated heterocycles. The lowest BCUT2D eigenvalue weighted by Crippen LogP contribution is -2.09. The molecule has 1 heterocycles. The topological polar surface area (TPSA) is 30.0 Å². The molecule has 0 aliphatic rings. The van der Waals surface area contributed by atoms with Gasteiger partial charge in [0.2, 0.25) is 0 Å². The highest BCUT2D eigenvalue weighted by Gasteiger charge is 2.21. The van der Waals surface area contributed by atoms with E-state index in [9.17, 15) is 18.0 Å². The van der Waals surface area contributed by atoms with Crippen LogP contribution in [0.3, 0.4) is 0 Å². The first-order valence-corrected chi connectivity index (χ1v) is 6.11. The van der Waals surface area contributed by atoms with E-state index in [1.807, 2.05) is 0 Å². The zero-order chi connectivity index (χ0) is 15.0. The second kappa shape index (κ2) is 5.01. The van der Waals surface area contributed by atoms with Crippen LogP contribution in [0.15, 0.2) is 48.7 Å². The highest BCUT2D eigenvalue weighted by molar-refractivity contribution is 6.16. The van der Waals surface area contributed by atoms with Gasteiger partial charge in [0.05, 0.1) is 11.1 Å². The molecule has 5 heteroatoms. The number of pyridine rings is 1. The predicted molar refractivity (Wildman–Crippen MR) is 71.5 cm³/mol. The van der Waals surface area contributed by atoms with E-state index < -0.39 is 28.8 Å². The largest absolute Gasteiger partial charge is 0.288 e. The number of aromatic nitrogens is 1. The molecule has 0 N–H and O–H groups in total.